The molecule has 0 amide bonds. The molecule has 0 radical (unpaired) electrons. The lowest BCUT2D eigenvalue weighted by molar-refractivity contribution is -0.138. The number of nitrogens with one attached hydrogen (secondary N) is 1. The molecule has 0 aliphatic heterocycles. The van der Waals surface area contributed by atoms with E-state index in [1.165, 1.54) is 17.4 Å². The van der Waals surface area contributed by atoms with E-state index in [2.05, 4.69) is 21.2 Å². The molecule has 0 fully saturated rings. The Morgan fingerprint density at radius 2 is 2.05 bits per heavy atom. The van der Waals surface area contributed by atoms with Gasteiger partial charge in [0.05, 0.1) is 16.6 Å². The normalized spacial score (nSPS) is 13.4. The molecule has 0 aliphatic carbocycles. The van der Waals surface area contributed by atoms with Crippen molar-refractivity contribution in [1.29, 1.82) is 0 Å². The summed E-state index contributed by atoms with van der Waals surface area (Å²) in [6.07, 6.45) is -4.40. The topological polar surface area (TPSA) is 12.0 Å². The van der Waals surface area contributed by atoms with Crippen molar-refractivity contribution in [3.63, 3.8) is 0 Å². The lowest BCUT2D eigenvalue weighted by Gasteiger charge is -2.20. The molecule has 21 heavy (non-hydrogen) atoms. The highest BCUT2D eigenvalue weighted by Gasteiger charge is 2.34. The molecule has 2 aromatic rings. The van der Waals surface area contributed by atoms with E-state index in [0.29, 0.717) is 17.1 Å². The van der Waals surface area contributed by atoms with Crippen LogP contribution in [0.15, 0.2) is 34.1 Å². The van der Waals surface area contributed by atoms with E-state index in [1.54, 1.807) is 12.1 Å². The molecular formula is C14H12BrClF3NS. The minimum absolute atomic E-state index is 0.0336. The van der Waals surface area contributed by atoms with Gasteiger partial charge in [-0.3, -0.25) is 0 Å². The first-order valence-electron chi connectivity index (χ1n) is 6.17. The average molecular weight is 399 g/mol. The summed E-state index contributed by atoms with van der Waals surface area (Å²) in [6, 6.07) is 5.65. The summed E-state index contributed by atoms with van der Waals surface area (Å²) in [5.74, 6) is 0. The van der Waals surface area contributed by atoms with E-state index in [-0.39, 0.29) is 10.5 Å². The van der Waals surface area contributed by atoms with Crippen LogP contribution in [0, 0.1) is 0 Å². The highest BCUT2D eigenvalue weighted by molar-refractivity contribution is 9.10. The number of benzene rings is 1. The Kier molecular flexibility index (Phi) is 5.35. The number of rotatable bonds is 4. The predicted octanol–water partition coefficient (Wildman–Crippen LogP) is 5.88. The maximum atomic E-state index is 13.0. The van der Waals surface area contributed by atoms with Gasteiger partial charge in [0, 0.05) is 9.35 Å². The molecule has 7 heteroatoms. The molecule has 1 nitrogen and oxygen atoms in total. The molecule has 1 heterocycles. The zero-order valence-electron chi connectivity index (χ0n) is 11.0. The fourth-order valence-electron chi connectivity index (χ4n) is 2.02. The molecular weight excluding hydrogens is 387 g/mol. The van der Waals surface area contributed by atoms with Crippen molar-refractivity contribution in [3.8, 4) is 0 Å². The Morgan fingerprint density at radius 3 is 2.57 bits per heavy atom. The fraction of sp³-hybridized carbons (Fsp3) is 0.286. The van der Waals surface area contributed by atoms with Gasteiger partial charge in [-0.1, -0.05) is 40.5 Å². The largest absolute Gasteiger partial charge is 0.417 e. The second kappa shape index (κ2) is 6.69. The summed E-state index contributed by atoms with van der Waals surface area (Å²) in [5, 5.41) is 5.57. The van der Waals surface area contributed by atoms with E-state index in [1.807, 2.05) is 12.3 Å². The molecule has 1 aromatic heterocycles. The molecule has 0 bridgehead atoms. The number of alkyl halides is 3. The maximum absolute atomic E-state index is 13.0. The second-order valence-corrected chi connectivity index (χ2v) is 6.57. The lowest BCUT2D eigenvalue weighted by atomic mass is 10.0. The van der Waals surface area contributed by atoms with Gasteiger partial charge in [-0.25, -0.2) is 0 Å². The minimum Gasteiger partial charge on any atom is -0.306 e. The van der Waals surface area contributed by atoms with E-state index < -0.39 is 11.7 Å². The number of hydrogen-bond acceptors (Lipinski definition) is 2. The fourth-order valence-corrected chi connectivity index (χ4v) is 3.76. The van der Waals surface area contributed by atoms with Crippen LogP contribution < -0.4 is 5.32 Å². The zero-order chi connectivity index (χ0) is 15.6. The van der Waals surface area contributed by atoms with Gasteiger partial charge >= 0.3 is 6.18 Å². The highest BCUT2D eigenvalue weighted by atomic mass is 79.9. The molecule has 0 saturated carbocycles. The van der Waals surface area contributed by atoms with Gasteiger partial charge in [-0.2, -0.15) is 13.2 Å². The summed E-state index contributed by atoms with van der Waals surface area (Å²) < 4.78 is 39.1. The van der Waals surface area contributed by atoms with E-state index in [9.17, 15) is 13.2 Å². The van der Waals surface area contributed by atoms with Crippen LogP contribution in [-0.4, -0.2) is 6.54 Å². The first kappa shape index (κ1) is 16.8. The number of hydrogen-bond donors (Lipinski definition) is 1. The highest BCUT2D eigenvalue weighted by Crippen LogP contribution is 2.39. The Labute approximate surface area is 138 Å². The Morgan fingerprint density at radius 1 is 1.33 bits per heavy atom. The zero-order valence-corrected chi connectivity index (χ0v) is 14.1. The van der Waals surface area contributed by atoms with Crippen molar-refractivity contribution in [2.75, 3.05) is 6.54 Å². The van der Waals surface area contributed by atoms with Crippen LogP contribution in [0.25, 0.3) is 0 Å². The standard InChI is InChI=1S/C14H12BrClF3NS/c1-2-20-12(13-11(16)5-6-21-13)8-3-4-10(15)9(7-8)14(17,18)19/h3-7,12,20H,2H2,1H3. The second-order valence-electron chi connectivity index (χ2n) is 4.36. The average Bonchev–Trinajstić information content (AvgIpc) is 2.82. The monoisotopic (exact) mass is 397 g/mol. The third-order valence-corrected chi connectivity index (χ3v) is 5.06. The van der Waals surface area contributed by atoms with E-state index in [0.717, 1.165) is 10.9 Å². The van der Waals surface area contributed by atoms with E-state index in [4.69, 9.17) is 11.6 Å². The molecule has 1 N–H and O–H groups in total. The van der Waals surface area contributed by atoms with Crippen molar-refractivity contribution in [3.05, 3.63) is 55.1 Å². The lowest BCUT2D eigenvalue weighted by Crippen LogP contribution is -2.22. The summed E-state index contributed by atoms with van der Waals surface area (Å²) in [6.45, 7) is 2.52. The summed E-state index contributed by atoms with van der Waals surface area (Å²) in [7, 11) is 0. The van der Waals surface area contributed by atoms with Crippen LogP contribution in [0.2, 0.25) is 5.02 Å². The van der Waals surface area contributed by atoms with Crippen LogP contribution in [0.5, 0.6) is 0 Å². The smallest absolute Gasteiger partial charge is 0.306 e. The summed E-state index contributed by atoms with van der Waals surface area (Å²) in [5.41, 5.74) is -0.146. The van der Waals surface area contributed by atoms with Gasteiger partial charge in [0.2, 0.25) is 0 Å². The molecule has 2 rings (SSSR count). The number of thiophene rings is 1. The molecule has 1 unspecified atom stereocenters. The van der Waals surface area contributed by atoms with E-state index >= 15 is 0 Å². The van der Waals surface area contributed by atoms with Gasteiger partial charge in [0.25, 0.3) is 0 Å². The molecule has 0 spiro atoms. The molecule has 0 aliphatic rings. The van der Waals surface area contributed by atoms with Crippen LogP contribution >= 0.6 is 38.9 Å². The number of halogens is 5. The third kappa shape index (κ3) is 3.80. The van der Waals surface area contributed by atoms with Crippen LogP contribution in [0.1, 0.15) is 29.0 Å². The van der Waals surface area contributed by atoms with Gasteiger partial charge in [-0.05, 0) is 35.7 Å². The predicted molar refractivity (Wildman–Crippen MR) is 84.0 cm³/mol. The van der Waals surface area contributed by atoms with Gasteiger partial charge in [0.15, 0.2) is 0 Å². The quantitative estimate of drug-likeness (QED) is 0.678. The maximum Gasteiger partial charge on any atom is 0.417 e. The van der Waals surface area contributed by atoms with Crippen LogP contribution in [-0.2, 0) is 6.18 Å². The van der Waals surface area contributed by atoms with Crippen molar-refractivity contribution in [2.24, 2.45) is 0 Å². The van der Waals surface area contributed by atoms with Crippen molar-refractivity contribution >= 4 is 38.9 Å². The van der Waals surface area contributed by atoms with Gasteiger partial charge < -0.3 is 5.32 Å². The van der Waals surface area contributed by atoms with Crippen molar-refractivity contribution in [1.82, 2.24) is 5.32 Å². The Hall–Kier alpha value is -0.560. The van der Waals surface area contributed by atoms with Crippen LogP contribution in [0.3, 0.4) is 0 Å². The summed E-state index contributed by atoms with van der Waals surface area (Å²) >= 11 is 10.5. The SMILES string of the molecule is CCNC(c1ccc(Br)c(C(F)(F)F)c1)c1sccc1Cl. The summed E-state index contributed by atoms with van der Waals surface area (Å²) in [4.78, 5) is 0.814. The first-order chi connectivity index (χ1) is 9.84. The molecule has 114 valence electrons. The van der Waals surface area contributed by atoms with Crippen molar-refractivity contribution < 1.29 is 13.2 Å². The Bertz CT molecular complexity index is 627. The van der Waals surface area contributed by atoms with Gasteiger partial charge in [-0.15, -0.1) is 11.3 Å². The molecule has 0 saturated heterocycles. The van der Waals surface area contributed by atoms with Gasteiger partial charge in [0.1, 0.15) is 0 Å². The Balaban J connectivity index is 2.49. The van der Waals surface area contributed by atoms with Crippen molar-refractivity contribution in [2.45, 2.75) is 19.1 Å². The third-order valence-electron chi connectivity index (χ3n) is 2.94. The molecule has 1 atom stereocenters. The first-order valence-corrected chi connectivity index (χ1v) is 8.22. The van der Waals surface area contributed by atoms with Crippen LogP contribution in [0.4, 0.5) is 13.2 Å². The minimum atomic E-state index is -4.40. The molecule has 1 aromatic carbocycles.